The number of amides is 3. The molecular weight excluding hydrogens is 942 g/mol. The Morgan fingerprint density at radius 1 is 0.788 bits per heavy atom. The predicted molar refractivity (Wildman–Crippen MR) is 244 cm³/mol. The number of carboxylic acid groups (broad SMARTS) is 2. The molecule has 5 atom stereocenters. The number of hydrogen-bond acceptors (Lipinski definition) is 11. The van der Waals surface area contributed by atoms with Gasteiger partial charge >= 0.3 is 11.9 Å². The summed E-state index contributed by atoms with van der Waals surface area (Å²) < 4.78 is 6.25. The number of benzene rings is 5. The molecule has 342 valence electrons. The molecule has 6 aromatic rings. The lowest BCUT2D eigenvalue weighted by atomic mass is 9.94. The summed E-state index contributed by atoms with van der Waals surface area (Å²) in [5.74, 6) is -7.30. The summed E-state index contributed by atoms with van der Waals surface area (Å²) >= 11 is 24.8. The van der Waals surface area contributed by atoms with Crippen LogP contribution in [-0.4, -0.2) is 79.3 Å². The van der Waals surface area contributed by atoms with E-state index in [4.69, 9.17) is 56.9 Å². The summed E-state index contributed by atoms with van der Waals surface area (Å²) in [5, 5.41) is 62.3. The number of halogens is 4. The lowest BCUT2D eigenvalue weighted by molar-refractivity contribution is -0.142. The third kappa shape index (κ3) is 9.77. The minimum Gasteiger partial charge on any atom is -0.505 e. The molecule has 3 amide bonds. The van der Waals surface area contributed by atoms with Gasteiger partial charge in [-0.3, -0.25) is 19.2 Å². The van der Waals surface area contributed by atoms with Crippen LogP contribution in [0.3, 0.4) is 0 Å². The van der Waals surface area contributed by atoms with Gasteiger partial charge in [0.25, 0.3) is 0 Å². The Morgan fingerprint density at radius 2 is 1.42 bits per heavy atom. The number of aliphatic carboxylic acids is 2. The molecular formula is C45H38Cl4N6O11. The lowest BCUT2D eigenvalue weighted by Crippen LogP contribution is -2.50. The van der Waals surface area contributed by atoms with E-state index in [9.17, 15) is 49.5 Å². The summed E-state index contributed by atoms with van der Waals surface area (Å²) in [4.78, 5) is 71.1. The molecule has 12 N–H and O–H groups in total. The van der Waals surface area contributed by atoms with Gasteiger partial charge in [0.1, 0.15) is 23.9 Å². The highest BCUT2D eigenvalue weighted by Crippen LogP contribution is 2.45. The van der Waals surface area contributed by atoms with Gasteiger partial charge in [-0.15, -0.1) is 0 Å². The maximum atomic E-state index is 14.8. The van der Waals surface area contributed by atoms with Gasteiger partial charge in [0.2, 0.25) is 17.7 Å². The normalized spacial score (nSPS) is 17.2. The van der Waals surface area contributed by atoms with E-state index in [1.807, 2.05) is 0 Å². The van der Waals surface area contributed by atoms with Gasteiger partial charge in [0.05, 0.1) is 31.6 Å². The molecule has 0 aliphatic carbocycles. The van der Waals surface area contributed by atoms with Gasteiger partial charge in [0.15, 0.2) is 29.0 Å². The van der Waals surface area contributed by atoms with Crippen LogP contribution in [0.25, 0.3) is 22.0 Å². The standard InChI is InChI=1S/C45H38Cl4N6O11/c1-51-32(44(62)63)9-18-5-7-23(8-6-18)66-33-16-19-10-26(38(33)56)25-4-2-3-24-22(17-52-37(24)25)15-31(50)41(59)53-35(20-11-27(46)39(57)28(47)12-20)42(60)54-34(19)43(61)55-36(45(64)65)21-13-29(48)40(58)30(49)14-21/h2-8,10-14,16-17,31-32,34-36,51-52,56-58H,9,15,50H2,1H3,(H,53,59)(H,54,60)(H,55,61)(H,62,63)(H,64,65)/t31-,32?,34-,35?,36?/m1/s1. The molecule has 1 aliphatic heterocycles. The molecule has 7 rings (SSSR count). The number of hydrogen-bond donors (Lipinski definition) is 11. The lowest BCUT2D eigenvalue weighted by Gasteiger charge is -2.27. The molecule has 17 nitrogen and oxygen atoms in total. The number of rotatable bonds is 11. The smallest absolute Gasteiger partial charge is 0.330 e. The number of carboxylic acids is 2. The average Bonchev–Trinajstić information content (AvgIpc) is 3.69. The number of aromatic amines is 1. The fourth-order valence-corrected chi connectivity index (χ4v) is 8.48. The topological polar surface area (TPSA) is 286 Å². The number of aromatic nitrogens is 1. The van der Waals surface area contributed by atoms with Gasteiger partial charge < -0.3 is 62.3 Å². The summed E-state index contributed by atoms with van der Waals surface area (Å²) in [6.45, 7) is 0. The fraction of sp³-hybridized carbons (Fsp3) is 0.178. The van der Waals surface area contributed by atoms with E-state index in [1.165, 1.54) is 31.3 Å². The zero-order valence-electron chi connectivity index (χ0n) is 34.2. The van der Waals surface area contributed by atoms with E-state index < -0.39 is 77.1 Å². The Kier molecular flexibility index (Phi) is 13.9. The third-order valence-corrected chi connectivity index (χ3v) is 12.1. The average molecular weight is 981 g/mol. The van der Waals surface area contributed by atoms with Crippen LogP contribution in [0.5, 0.6) is 28.7 Å². The Hall–Kier alpha value is -6.73. The van der Waals surface area contributed by atoms with Crippen LogP contribution in [-0.2, 0) is 36.8 Å². The van der Waals surface area contributed by atoms with Gasteiger partial charge in [-0.1, -0.05) is 76.7 Å². The highest BCUT2D eigenvalue weighted by Gasteiger charge is 2.35. The minimum absolute atomic E-state index is 0.0501. The van der Waals surface area contributed by atoms with Crippen LogP contribution in [0.1, 0.15) is 45.9 Å². The zero-order chi connectivity index (χ0) is 47.7. The van der Waals surface area contributed by atoms with Crippen molar-refractivity contribution in [3.05, 3.63) is 133 Å². The van der Waals surface area contributed by atoms with E-state index in [2.05, 4.69) is 26.3 Å². The molecule has 5 aromatic carbocycles. The van der Waals surface area contributed by atoms with E-state index in [-0.39, 0.29) is 66.7 Å². The largest absolute Gasteiger partial charge is 0.505 e. The summed E-state index contributed by atoms with van der Waals surface area (Å²) in [5.41, 5.74) is 8.26. The van der Waals surface area contributed by atoms with Crippen LogP contribution in [0.2, 0.25) is 20.1 Å². The summed E-state index contributed by atoms with van der Waals surface area (Å²) in [7, 11) is 1.52. The van der Waals surface area contributed by atoms with E-state index >= 15 is 0 Å². The van der Waals surface area contributed by atoms with Crippen molar-refractivity contribution in [1.29, 1.82) is 0 Å². The summed E-state index contributed by atoms with van der Waals surface area (Å²) in [6, 6.07) is 10.9. The molecule has 0 saturated carbocycles. The van der Waals surface area contributed by atoms with Crippen LogP contribution in [0.4, 0.5) is 0 Å². The van der Waals surface area contributed by atoms with Crippen LogP contribution in [0.15, 0.2) is 85.1 Å². The molecule has 0 fully saturated rings. The number of para-hydroxylation sites is 1. The molecule has 0 spiro atoms. The Balaban J connectivity index is 1.43. The molecule has 6 bridgehead atoms. The van der Waals surface area contributed by atoms with Gasteiger partial charge in [-0.2, -0.15) is 0 Å². The number of phenols is 3. The van der Waals surface area contributed by atoms with Gasteiger partial charge in [-0.25, -0.2) is 4.79 Å². The van der Waals surface area contributed by atoms with Crippen molar-refractivity contribution in [2.75, 3.05) is 7.05 Å². The molecule has 0 saturated heterocycles. The molecule has 0 radical (unpaired) electrons. The first-order valence-corrected chi connectivity index (χ1v) is 21.2. The second-order valence-electron chi connectivity index (χ2n) is 15.2. The van der Waals surface area contributed by atoms with Crippen molar-refractivity contribution < 1.29 is 54.2 Å². The number of phenolic OH excluding ortho intramolecular Hbond substituents is 3. The number of carbonyl (C=O) groups is 5. The van der Waals surface area contributed by atoms with Crippen molar-refractivity contribution in [2.24, 2.45) is 5.73 Å². The van der Waals surface area contributed by atoms with Gasteiger partial charge in [-0.05, 0) is 96.2 Å². The number of nitrogens with one attached hydrogen (secondary N) is 5. The monoisotopic (exact) mass is 978 g/mol. The van der Waals surface area contributed by atoms with Gasteiger partial charge in [0, 0.05) is 22.7 Å². The molecule has 1 aliphatic rings. The second-order valence-corrected chi connectivity index (χ2v) is 16.9. The quantitative estimate of drug-likeness (QED) is 0.0670. The first-order valence-electron chi connectivity index (χ1n) is 19.7. The second kappa shape index (κ2) is 19.4. The zero-order valence-corrected chi connectivity index (χ0v) is 37.2. The van der Waals surface area contributed by atoms with Crippen molar-refractivity contribution in [2.45, 2.75) is 43.1 Å². The Bertz CT molecular complexity index is 2880. The van der Waals surface area contributed by atoms with Crippen LogP contribution in [0, 0.1) is 0 Å². The number of aromatic hydroxyl groups is 3. The van der Waals surface area contributed by atoms with Crippen LogP contribution < -0.4 is 31.7 Å². The molecule has 3 unspecified atom stereocenters. The molecule has 21 heteroatoms. The predicted octanol–water partition coefficient (Wildman–Crippen LogP) is 6.41. The fourth-order valence-electron chi connectivity index (χ4n) is 7.48. The first-order chi connectivity index (χ1) is 31.3. The maximum Gasteiger partial charge on any atom is 0.330 e. The number of H-pyrrole nitrogens is 1. The Labute approximate surface area is 394 Å². The van der Waals surface area contributed by atoms with E-state index in [1.54, 1.807) is 36.5 Å². The van der Waals surface area contributed by atoms with E-state index in [0.717, 1.165) is 24.3 Å². The van der Waals surface area contributed by atoms with Crippen molar-refractivity contribution >= 4 is 87.0 Å². The number of nitrogens with two attached hydrogens (primary N) is 1. The van der Waals surface area contributed by atoms with Crippen molar-refractivity contribution in [3.63, 3.8) is 0 Å². The number of fused-ring (bicyclic) bond motifs is 3. The van der Waals surface area contributed by atoms with Crippen molar-refractivity contribution in [3.8, 4) is 39.9 Å². The SMILES string of the molecule is CNC(Cc1ccc(Oc2cc3cc(c2O)-c2cccc4c(c[nH]c24)C[C@@H](N)C(=O)NC(c2cc(Cl)c(O)c(Cl)c2)C(=O)N[C@H]3C(=O)NC(C(=O)O)c2cc(Cl)c(O)c(Cl)c2)cc1)C(=O)O. The maximum absolute atomic E-state index is 14.8. The van der Waals surface area contributed by atoms with Crippen LogP contribution >= 0.6 is 46.4 Å². The first kappa shape index (κ1) is 47.2. The number of ether oxygens (including phenoxy) is 1. The highest BCUT2D eigenvalue weighted by atomic mass is 35.5. The van der Waals surface area contributed by atoms with Crippen molar-refractivity contribution in [1.82, 2.24) is 26.3 Å². The molecule has 2 heterocycles. The number of carbonyl (C=O) groups excluding carboxylic acids is 3. The Morgan fingerprint density at radius 3 is 2.03 bits per heavy atom. The molecule has 66 heavy (non-hydrogen) atoms. The highest BCUT2D eigenvalue weighted by molar-refractivity contribution is 6.37. The summed E-state index contributed by atoms with van der Waals surface area (Å²) in [6.07, 6.45) is 1.71. The molecule has 1 aromatic heterocycles. The van der Waals surface area contributed by atoms with E-state index in [0.29, 0.717) is 27.6 Å². The minimum atomic E-state index is -1.90. The number of likely N-dealkylation sites (N-methyl/N-ethyl adjacent to an activating group) is 1. The third-order valence-electron chi connectivity index (χ3n) is 10.9.